The van der Waals surface area contributed by atoms with Crippen molar-refractivity contribution in [2.24, 2.45) is 0 Å². The monoisotopic (exact) mass is 309 g/mol. The van der Waals surface area contributed by atoms with Gasteiger partial charge in [-0.15, -0.1) is 0 Å². The Kier molecular flexibility index (Phi) is 5.24. The number of hydrogen-bond donors (Lipinski definition) is 2. The van der Waals surface area contributed by atoms with E-state index < -0.39 is 0 Å². The second-order valence-electron chi connectivity index (χ2n) is 4.54. The first-order valence-corrected chi connectivity index (χ1v) is 7.27. The van der Waals surface area contributed by atoms with Crippen molar-refractivity contribution in [3.05, 3.63) is 57.7 Å². The molecule has 3 nitrogen and oxygen atoms in total. The minimum atomic E-state index is -0.0431. The van der Waals surface area contributed by atoms with Crippen LogP contribution in [0, 0.1) is 0 Å². The first kappa shape index (κ1) is 15.1. The zero-order valence-electron chi connectivity index (χ0n) is 11.2. The number of nitrogen functional groups attached to an aromatic ring is 1. The first-order chi connectivity index (χ1) is 9.63. The largest absolute Gasteiger partial charge is 0.383 e. The van der Waals surface area contributed by atoms with Gasteiger partial charge in [0.15, 0.2) is 0 Å². The number of anilines is 1. The van der Waals surface area contributed by atoms with E-state index in [-0.39, 0.29) is 6.04 Å². The van der Waals surface area contributed by atoms with Crippen LogP contribution in [0.2, 0.25) is 10.0 Å². The third kappa shape index (κ3) is 3.42. The molecule has 3 N–H and O–H groups in total. The summed E-state index contributed by atoms with van der Waals surface area (Å²) in [7, 11) is 0. The number of nitrogens with zero attached hydrogens (tertiary/aromatic N) is 1. The fourth-order valence-corrected chi connectivity index (χ4v) is 2.37. The lowest BCUT2D eigenvalue weighted by Crippen LogP contribution is -2.24. The van der Waals surface area contributed by atoms with Gasteiger partial charge in [-0.05, 0) is 36.7 Å². The van der Waals surface area contributed by atoms with Gasteiger partial charge in [-0.25, -0.2) is 4.98 Å². The predicted molar refractivity (Wildman–Crippen MR) is 85.2 cm³/mol. The van der Waals surface area contributed by atoms with E-state index in [4.69, 9.17) is 28.9 Å². The van der Waals surface area contributed by atoms with Crippen molar-refractivity contribution in [1.82, 2.24) is 10.3 Å². The smallest absolute Gasteiger partial charge is 0.128 e. The summed E-state index contributed by atoms with van der Waals surface area (Å²) in [6, 6.07) is 9.42. The molecule has 0 aliphatic carbocycles. The van der Waals surface area contributed by atoms with Gasteiger partial charge in [0, 0.05) is 11.8 Å². The van der Waals surface area contributed by atoms with Crippen LogP contribution in [0.3, 0.4) is 0 Å². The molecular weight excluding hydrogens is 293 g/mol. The molecule has 20 heavy (non-hydrogen) atoms. The minimum absolute atomic E-state index is 0.0431. The number of pyridine rings is 1. The molecule has 0 spiro atoms. The maximum absolute atomic E-state index is 6.11. The van der Waals surface area contributed by atoms with Crippen LogP contribution in [0.5, 0.6) is 0 Å². The summed E-state index contributed by atoms with van der Waals surface area (Å²) in [6.45, 7) is 2.99. The summed E-state index contributed by atoms with van der Waals surface area (Å²) >= 11 is 12.1. The van der Waals surface area contributed by atoms with Gasteiger partial charge in [0.05, 0.1) is 16.1 Å². The molecule has 2 rings (SSSR count). The van der Waals surface area contributed by atoms with Crippen LogP contribution in [-0.2, 0) is 0 Å². The minimum Gasteiger partial charge on any atom is -0.383 e. The highest BCUT2D eigenvalue weighted by Crippen LogP contribution is 2.30. The fourth-order valence-electron chi connectivity index (χ4n) is 2.06. The summed E-state index contributed by atoms with van der Waals surface area (Å²) in [5.74, 6) is 0.521. The number of aromatic nitrogens is 1. The lowest BCUT2D eigenvalue weighted by molar-refractivity contribution is 0.598. The predicted octanol–water partition coefficient (Wildman–Crippen LogP) is 4.06. The van der Waals surface area contributed by atoms with Crippen LogP contribution >= 0.6 is 23.2 Å². The average molecular weight is 310 g/mol. The quantitative estimate of drug-likeness (QED) is 0.875. The van der Waals surface area contributed by atoms with E-state index in [1.165, 1.54) is 0 Å². The summed E-state index contributed by atoms with van der Waals surface area (Å²) < 4.78 is 0. The molecule has 1 aromatic heterocycles. The van der Waals surface area contributed by atoms with Crippen molar-refractivity contribution >= 4 is 29.0 Å². The molecule has 0 fully saturated rings. The number of rotatable bonds is 5. The number of halogens is 2. The first-order valence-electron chi connectivity index (χ1n) is 6.52. The van der Waals surface area contributed by atoms with Gasteiger partial charge < -0.3 is 11.1 Å². The normalized spacial score (nSPS) is 12.3. The second-order valence-corrected chi connectivity index (χ2v) is 5.35. The Balaban J connectivity index is 2.41. The number of nitrogens with one attached hydrogen (secondary N) is 1. The van der Waals surface area contributed by atoms with E-state index in [2.05, 4.69) is 17.2 Å². The molecule has 0 aliphatic heterocycles. The van der Waals surface area contributed by atoms with Crippen molar-refractivity contribution in [2.75, 3.05) is 12.3 Å². The zero-order chi connectivity index (χ0) is 14.5. The highest BCUT2D eigenvalue weighted by molar-refractivity contribution is 6.42. The standard InChI is InChI=1S/C15H17Cl2N3/c1-2-7-19-14(11-4-3-8-20-15(11)18)10-5-6-12(16)13(17)9-10/h3-6,8-9,14,19H,2,7H2,1H3,(H2,18,20). The molecule has 0 bridgehead atoms. The Bertz CT molecular complexity index is 587. The Morgan fingerprint density at radius 3 is 2.70 bits per heavy atom. The van der Waals surface area contributed by atoms with E-state index in [0.29, 0.717) is 15.9 Å². The molecule has 106 valence electrons. The topological polar surface area (TPSA) is 50.9 Å². The fraction of sp³-hybridized carbons (Fsp3) is 0.267. The molecule has 5 heteroatoms. The van der Waals surface area contributed by atoms with Crippen LogP contribution < -0.4 is 11.1 Å². The Morgan fingerprint density at radius 2 is 2.05 bits per heavy atom. The molecule has 1 atom stereocenters. The molecule has 1 unspecified atom stereocenters. The van der Waals surface area contributed by atoms with Gasteiger partial charge in [0.25, 0.3) is 0 Å². The highest BCUT2D eigenvalue weighted by atomic mass is 35.5. The van der Waals surface area contributed by atoms with Gasteiger partial charge in [-0.2, -0.15) is 0 Å². The number of benzene rings is 1. The molecular formula is C15H17Cl2N3. The summed E-state index contributed by atoms with van der Waals surface area (Å²) in [4.78, 5) is 4.15. The molecule has 2 aromatic rings. The van der Waals surface area contributed by atoms with Crippen LogP contribution in [-0.4, -0.2) is 11.5 Å². The van der Waals surface area contributed by atoms with Crippen LogP contribution in [0.1, 0.15) is 30.5 Å². The SMILES string of the molecule is CCCNC(c1ccc(Cl)c(Cl)c1)c1cccnc1N. The molecule has 1 aromatic carbocycles. The maximum Gasteiger partial charge on any atom is 0.128 e. The molecule has 0 saturated carbocycles. The molecule has 0 radical (unpaired) electrons. The highest BCUT2D eigenvalue weighted by Gasteiger charge is 2.17. The van der Waals surface area contributed by atoms with Gasteiger partial charge >= 0.3 is 0 Å². The molecule has 0 aliphatic rings. The van der Waals surface area contributed by atoms with Gasteiger partial charge in [0.1, 0.15) is 5.82 Å². The van der Waals surface area contributed by atoms with E-state index >= 15 is 0 Å². The van der Waals surface area contributed by atoms with Crippen molar-refractivity contribution in [3.8, 4) is 0 Å². The van der Waals surface area contributed by atoms with E-state index in [1.54, 1.807) is 12.3 Å². The van der Waals surface area contributed by atoms with Crippen molar-refractivity contribution in [3.63, 3.8) is 0 Å². The van der Waals surface area contributed by atoms with Gasteiger partial charge in [-0.1, -0.05) is 42.3 Å². The van der Waals surface area contributed by atoms with E-state index in [0.717, 1.165) is 24.1 Å². The summed E-state index contributed by atoms with van der Waals surface area (Å²) in [5, 5.41) is 4.55. The Morgan fingerprint density at radius 1 is 1.25 bits per heavy atom. The van der Waals surface area contributed by atoms with Gasteiger partial charge in [0.2, 0.25) is 0 Å². The van der Waals surface area contributed by atoms with Crippen molar-refractivity contribution in [1.29, 1.82) is 0 Å². The Hall–Kier alpha value is -1.29. The maximum atomic E-state index is 6.11. The summed E-state index contributed by atoms with van der Waals surface area (Å²) in [6.07, 6.45) is 2.71. The van der Waals surface area contributed by atoms with E-state index in [1.807, 2.05) is 24.3 Å². The molecule has 0 saturated heterocycles. The van der Waals surface area contributed by atoms with E-state index in [9.17, 15) is 0 Å². The number of hydrogen-bond acceptors (Lipinski definition) is 3. The lowest BCUT2D eigenvalue weighted by Gasteiger charge is -2.21. The van der Waals surface area contributed by atoms with Crippen LogP contribution in [0.4, 0.5) is 5.82 Å². The van der Waals surface area contributed by atoms with Gasteiger partial charge in [-0.3, -0.25) is 0 Å². The molecule has 0 amide bonds. The number of nitrogens with two attached hydrogens (primary N) is 1. The van der Waals surface area contributed by atoms with Crippen molar-refractivity contribution < 1.29 is 0 Å². The third-order valence-corrected chi connectivity index (χ3v) is 3.80. The van der Waals surface area contributed by atoms with Crippen LogP contribution in [0.25, 0.3) is 0 Å². The summed E-state index contributed by atoms with van der Waals surface area (Å²) in [5.41, 5.74) is 7.95. The second kappa shape index (κ2) is 6.93. The average Bonchev–Trinajstić information content (AvgIpc) is 2.44. The van der Waals surface area contributed by atoms with Crippen LogP contribution in [0.15, 0.2) is 36.5 Å². The third-order valence-electron chi connectivity index (χ3n) is 3.06. The van der Waals surface area contributed by atoms with Crippen molar-refractivity contribution in [2.45, 2.75) is 19.4 Å². The Labute approximate surface area is 129 Å². The zero-order valence-corrected chi connectivity index (χ0v) is 12.7. The lowest BCUT2D eigenvalue weighted by atomic mass is 9.99. The molecule has 1 heterocycles.